The summed E-state index contributed by atoms with van der Waals surface area (Å²) < 4.78 is 2.30. The number of nitrogens with zero attached hydrogens (tertiary/aromatic N) is 3. The maximum atomic E-state index is 4.36. The molecule has 2 aliphatic rings. The second-order valence-electron chi connectivity index (χ2n) is 5.63. The van der Waals surface area contributed by atoms with Gasteiger partial charge < -0.3 is 9.88 Å². The molecule has 94 valence electrons. The molecule has 0 bridgehead atoms. The molecule has 0 aromatic carbocycles. The van der Waals surface area contributed by atoms with Crippen molar-refractivity contribution in [2.45, 2.75) is 64.6 Å². The molecule has 0 radical (unpaired) electrons. The van der Waals surface area contributed by atoms with Crippen molar-refractivity contribution in [2.24, 2.45) is 5.92 Å². The van der Waals surface area contributed by atoms with E-state index in [-0.39, 0.29) is 0 Å². The summed E-state index contributed by atoms with van der Waals surface area (Å²) in [6.45, 7) is 5.68. The van der Waals surface area contributed by atoms with E-state index in [4.69, 9.17) is 0 Å². The molecule has 17 heavy (non-hydrogen) atoms. The lowest BCUT2D eigenvalue weighted by atomic mass is 10.1. The molecule has 3 unspecified atom stereocenters. The van der Waals surface area contributed by atoms with Crippen LogP contribution in [0.2, 0.25) is 0 Å². The van der Waals surface area contributed by atoms with Crippen LogP contribution in [0.25, 0.3) is 0 Å². The summed E-state index contributed by atoms with van der Waals surface area (Å²) in [6, 6.07) is 0.999. The fourth-order valence-electron chi connectivity index (χ4n) is 3.28. The smallest absolute Gasteiger partial charge is 0.149 e. The first-order chi connectivity index (χ1) is 8.25. The van der Waals surface area contributed by atoms with Crippen molar-refractivity contribution in [3.63, 3.8) is 0 Å². The Morgan fingerprint density at radius 3 is 2.94 bits per heavy atom. The van der Waals surface area contributed by atoms with Crippen LogP contribution in [0, 0.1) is 5.92 Å². The van der Waals surface area contributed by atoms with Gasteiger partial charge in [-0.1, -0.05) is 13.3 Å². The van der Waals surface area contributed by atoms with Crippen molar-refractivity contribution in [3.05, 3.63) is 11.6 Å². The van der Waals surface area contributed by atoms with Gasteiger partial charge in [-0.05, 0) is 32.1 Å². The SMILES string of the molecule is CC(NC1CCCC1C)c1nnc2n1CCC2. The topological polar surface area (TPSA) is 42.7 Å². The summed E-state index contributed by atoms with van der Waals surface area (Å²) in [5.74, 6) is 3.11. The molecule has 0 spiro atoms. The maximum Gasteiger partial charge on any atom is 0.149 e. The molecular formula is C13H22N4. The standard InChI is InChI=1S/C13H22N4/c1-9-5-3-6-11(9)14-10(2)13-16-15-12-7-4-8-17(12)13/h9-11,14H,3-8H2,1-2H3. The minimum Gasteiger partial charge on any atom is -0.314 e. The Morgan fingerprint density at radius 1 is 1.29 bits per heavy atom. The van der Waals surface area contributed by atoms with E-state index in [1.807, 2.05) is 0 Å². The van der Waals surface area contributed by atoms with Crippen molar-refractivity contribution in [1.29, 1.82) is 0 Å². The molecule has 0 saturated heterocycles. The molecule has 1 aromatic rings. The van der Waals surface area contributed by atoms with Crippen molar-refractivity contribution in [1.82, 2.24) is 20.1 Å². The quantitative estimate of drug-likeness (QED) is 0.870. The Kier molecular flexibility index (Phi) is 2.90. The van der Waals surface area contributed by atoms with Gasteiger partial charge in [0.1, 0.15) is 11.6 Å². The van der Waals surface area contributed by atoms with E-state index in [9.17, 15) is 0 Å². The highest BCUT2D eigenvalue weighted by Crippen LogP contribution is 2.27. The fraction of sp³-hybridized carbons (Fsp3) is 0.846. The number of aryl methyl sites for hydroxylation is 1. The number of aromatic nitrogens is 3. The van der Waals surface area contributed by atoms with Crippen LogP contribution in [0.3, 0.4) is 0 Å². The third-order valence-electron chi connectivity index (χ3n) is 4.35. The highest BCUT2D eigenvalue weighted by molar-refractivity contribution is 5.04. The number of rotatable bonds is 3. The van der Waals surface area contributed by atoms with Crippen molar-refractivity contribution < 1.29 is 0 Å². The molecule has 4 nitrogen and oxygen atoms in total. The highest BCUT2D eigenvalue weighted by atomic mass is 15.3. The summed E-state index contributed by atoms with van der Waals surface area (Å²) in [4.78, 5) is 0. The predicted molar refractivity (Wildman–Crippen MR) is 66.7 cm³/mol. The average molecular weight is 234 g/mol. The Balaban J connectivity index is 1.71. The van der Waals surface area contributed by atoms with Gasteiger partial charge in [0.25, 0.3) is 0 Å². The van der Waals surface area contributed by atoms with Gasteiger partial charge in [-0.3, -0.25) is 0 Å². The molecule has 1 aliphatic carbocycles. The molecule has 1 aromatic heterocycles. The zero-order chi connectivity index (χ0) is 11.8. The maximum absolute atomic E-state index is 4.36. The molecule has 1 N–H and O–H groups in total. The number of hydrogen-bond donors (Lipinski definition) is 1. The third-order valence-corrected chi connectivity index (χ3v) is 4.35. The lowest BCUT2D eigenvalue weighted by Gasteiger charge is -2.22. The van der Waals surface area contributed by atoms with Gasteiger partial charge >= 0.3 is 0 Å². The van der Waals surface area contributed by atoms with E-state index >= 15 is 0 Å². The highest BCUT2D eigenvalue weighted by Gasteiger charge is 2.27. The summed E-state index contributed by atoms with van der Waals surface area (Å²) in [6.07, 6.45) is 6.36. The van der Waals surface area contributed by atoms with Gasteiger partial charge in [0.15, 0.2) is 0 Å². The lowest BCUT2D eigenvalue weighted by molar-refractivity contribution is 0.374. The van der Waals surface area contributed by atoms with Gasteiger partial charge in [-0.15, -0.1) is 10.2 Å². The summed E-state index contributed by atoms with van der Waals surface area (Å²) in [5.41, 5.74) is 0. The van der Waals surface area contributed by atoms with Gasteiger partial charge in [0.2, 0.25) is 0 Å². The first-order valence-electron chi connectivity index (χ1n) is 6.93. The third kappa shape index (κ3) is 1.99. The normalized spacial score (nSPS) is 29.5. The van der Waals surface area contributed by atoms with E-state index in [1.54, 1.807) is 0 Å². The molecular weight excluding hydrogens is 212 g/mol. The number of nitrogens with one attached hydrogen (secondary N) is 1. The van der Waals surface area contributed by atoms with Crippen LogP contribution < -0.4 is 5.32 Å². The van der Waals surface area contributed by atoms with Crippen LogP contribution in [0.1, 0.15) is 57.2 Å². The first kappa shape index (κ1) is 11.2. The Hall–Kier alpha value is -0.900. The molecule has 1 aliphatic heterocycles. The first-order valence-corrected chi connectivity index (χ1v) is 6.93. The Labute approximate surface area is 103 Å². The summed E-state index contributed by atoms with van der Waals surface area (Å²) in [7, 11) is 0. The van der Waals surface area contributed by atoms with Crippen LogP contribution >= 0.6 is 0 Å². The molecule has 1 saturated carbocycles. The van der Waals surface area contributed by atoms with Crippen molar-refractivity contribution >= 4 is 0 Å². The van der Waals surface area contributed by atoms with Crippen LogP contribution in [0.4, 0.5) is 0 Å². The van der Waals surface area contributed by atoms with Gasteiger partial charge in [0, 0.05) is 19.0 Å². The number of fused-ring (bicyclic) bond motifs is 1. The largest absolute Gasteiger partial charge is 0.314 e. The predicted octanol–water partition coefficient (Wildman–Crippen LogP) is 2.06. The summed E-state index contributed by atoms with van der Waals surface area (Å²) in [5, 5.41) is 12.4. The molecule has 4 heteroatoms. The fourth-order valence-corrected chi connectivity index (χ4v) is 3.28. The van der Waals surface area contributed by atoms with Crippen molar-refractivity contribution in [2.75, 3.05) is 0 Å². The van der Waals surface area contributed by atoms with Crippen LogP contribution in [-0.2, 0) is 13.0 Å². The summed E-state index contributed by atoms with van der Waals surface area (Å²) >= 11 is 0. The van der Waals surface area contributed by atoms with E-state index in [0.29, 0.717) is 12.1 Å². The lowest BCUT2D eigenvalue weighted by Crippen LogP contribution is -2.34. The van der Waals surface area contributed by atoms with E-state index in [0.717, 1.165) is 24.7 Å². The average Bonchev–Trinajstić information content (AvgIpc) is 2.94. The minimum atomic E-state index is 0.333. The molecule has 3 rings (SSSR count). The number of hydrogen-bond acceptors (Lipinski definition) is 3. The van der Waals surface area contributed by atoms with Crippen LogP contribution in [-0.4, -0.2) is 20.8 Å². The van der Waals surface area contributed by atoms with Gasteiger partial charge in [0.05, 0.1) is 6.04 Å². The molecule has 3 atom stereocenters. The zero-order valence-corrected chi connectivity index (χ0v) is 10.8. The monoisotopic (exact) mass is 234 g/mol. The van der Waals surface area contributed by atoms with Gasteiger partial charge in [-0.2, -0.15) is 0 Å². The van der Waals surface area contributed by atoms with Gasteiger partial charge in [-0.25, -0.2) is 0 Å². The molecule has 1 fully saturated rings. The van der Waals surface area contributed by atoms with E-state index in [2.05, 4.69) is 33.9 Å². The molecule has 2 heterocycles. The Morgan fingerprint density at radius 2 is 2.18 bits per heavy atom. The van der Waals surface area contributed by atoms with Crippen LogP contribution in [0.5, 0.6) is 0 Å². The molecule has 0 amide bonds. The van der Waals surface area contributed by atoms with Crippen LogP contribution in [0.15, 0.2) is 0 Å². The van der Waals surface area contributed by atoms with Crippen molar-refractivity contribution in [3.8, 4) is 0 Å². The zero-order valence-electron chi connectivity index (χ0n) is 10.8. The van der Waals surface area contributed by atoms with E-state index < -0.39 is 0 Å². The minimum absolute atomic E-state index is 0.333. The second-order valence-corrected chi connectivity index (χ2v) is 5.63. The second kappa shape index (κ2) is 4.41. The van der Waals surface area contributed by atoms with E-state index in [1.165, 1.54) is 31.5 Å². The Bertz CT molecular complexity index is 398.